The van der Waals surface area contributed by atoms with Gasteiger partial charge in [0.25, 0.3) is 0 Å². The lowest BCUT2D eigenvalue weighted by Gasteiger charge is -2.25. The lowest BCUT2D eigenvalue weighted by Crippen LogP contribution is -2.46. The first-order chi connectivity index (χ1) is 12.7. The largest absolute Gasteiger partial charge is 0.378 e. The first kappa shape index (κ1) is 19.6. The fraction of sp³-hybridized carbons (Fsp3) is 0.526. The van der Waals surface area contributed by atoms with Gasteiger partial charge in [-0.15, -0.1) is 0 Å². The van der Waals surface area contributed by atoms with Gasteiger partial charge in [-0.05, 0) is 25.1 Å². The van der Waals surface area contributed by atoms with E-state index < -0.39 is 11.5 Å². The lowest BCUT2D eigenvalue weighted by atomic mass is 9.95. The van der Waals surface area contributed by atoms with Crippen LogP contribution in [0.3, 0.4) is 0 Å². The topological polar surface area (TPSA) is 83.6 Å². The number of carbonyl (C=O) groups is 2. The van der Waals surface area contributed by atoms with E-state index in [4.69, 9.17) is 4.74 Å². The minimum Gasteiger partial charge on any atom is -0.378 e. The Kier molecular flexibility index (Phi) is 5.67. The van der Waals surface area contributed by atoms with Crippen LogP contribution in [0, 0.1) is 5.41 Å². The smallest absolute Gasteiger partial charge is 0.246 e. The van der Waals surface area contributed by atoms with Gasteiger partial charge >= 0.3 is 0 Å². The summed E-state index contributed by atoms with van der Waals surface area (Å²) in [7, 11) is 0. The maximum Gasteiger partial charge on any atom is 0.246 e. The van der Waals surface area contributed by atoms with Gasteiger partial charge < -0.3 is 20.3 Å². The summed E-state index contributed by atoms with van der Waals surface area (Å²) in [5.41, 5.74) is 1.07. The monoisotopic (exact) mass is 390 g/mol. The summed E-state index contributed by atoms with van der Waals surface area (Å²) in [5.74, 6) is -0.400. The molecule has 2 amide bonds. The van der Waals surface area contributed by atoms with Crippen LogP contribution in [-0.2, 0) is 14.3 Å². The van der Waals surface area contributed by atoms with Crippen molar-refractivity contribution in [2.75, 3.05) is 36.5 Å². The number of nitrogens with one attached hydrogen (secondary N) is 2. The minimum absolute atomic E-state index is 0.154. The van der Waals surface area contributed by atoms with Crippen molar-refractivity contribution in [1.82, 2.24) is 10.3 Å². The average Bonchev–Trinajstić information content (AvgIpc) is 3.05. The van der Waals surface area contributed by atoms with E-state index in [1.807, 2.05) is 39.0 Å². The number of nitrogens with zero attached hydrogens (tertiary/aromatic N) is 2. The molecule has 2 N–H and O–H groups in total. The number of ether oxygens (including phenoxy) is 1. The summed E-state index contributed by atoms with van der Waals surface area (Å²) in [6.07, 6.45) is 0. The fourth-order valence-electron chi connectivity index (χ4n) is 2.61. The molecule has 1 aromatic heterocycles. The predicted molar refractivity (Wildman–Crippen MR) is 108 cm³/mol. The van der Waals surface area contributed by atoms with Crippen LogP contribution in [-0.4, -0.2) is 49.1 Å². The van der Waals surface area contributed by atoms with Crippen molar-refractivity contribution >= 4 is 44.2 Å². The number of benzene rings is 1. The van der Waals surface area contributed by atoms with E-state index in [2.05, 4.69) is 20.5 Å². The fourth-order valence-corrected chi connectivity index (χ4v) is 3.67. The van der Waals surface area contributed by atoms with Crippen LogP contribution in [0.2, 0.25) is 0 Å². The molecule has 146 valence electrons. The maximum absolute atomic E-state index is 12.4. The van der Waals surface area contributed by atoms with E-state index in [1.54, 1.807) is 18.3 Å². The predicted octanol–water partition coefficient (Wildman–Crippen LogP) is 2.62. The van der Waals surface area contributed by atoms with Gasteiger partial charge in [0.2, 0.25) is 11.8 Å². The van der Waals surface area contributed by atoms with Gasteiger partial charge in [-0.2, -0.15) is 0 Å². The normalized spacial score (nSPS) is 16.2. The minimum atomic E-state index is -0.613. The van der Waals surface area contributed by atoms with Gasteiger partial charge in [-0.1, -0.05) is 32.1 Å². The van der Waals surface area contributed by atoms with E-state index in [0.29, 0.717) is 5.69 Å². The van der Waals surface area contributed by atoms with Crippen molar-refractivity contribution in [3.8, 4) is 0 Å². The van der Waals surface area contributed by atoms with Crippen molar-refractivity contribution in [2.24, 2.45) is 5.41 Å². The van der Waals surface area contributed by atoms with Gasteiger partial charge in [0.15, 0.2) is 5.13 Å². The Morgan fingerprint density at radius 1 is 1.26 bits per heavy atom. The first-order valence-corrected chi connectivity index (χ1v) is 9.91. The van der Waals surface area contributed by atoms with Crippen LogP contribution in [0.1, 0.15) is 27.7 Å². The number of hydrogen-bond acceptors (Lipinski definition) is 6. The molecule has 3 rings (SSSR count). The molecule has 0 unspecified atom stereocenters. The van der Waals surface area contributed by atoms with E-state index in [-0.39, 0.29) is 11.8 Å². The lowest BCUT2D eigenvalue weighted by molar-refractivity contribution is -0.131. The van der Waals surface area contributed by atoms with Crippen molar-refractivity contribution < 1.29 is 14.3 Å². The molecule has 0 aliphatic carbocycles. The highest BCUT2D eigenvalue weighted by Gasteiger charge is 2.25. The molecule has 2 aromatic rings. The Morgan fingerprint density at radius 2 is 1.96 bits per heavy atom. The van der Waals surface area contributed by atoms with Crippen LogP contribution >= 0.6 is 11.3 Å². The molecular formula is C19H26N4O3S. The molecule has 1 saturated heterocycles. The highest BCUT2D eigenvalue weighted by atomic mass is 32.1. The number of aromatic nitrogens is 1. The molecule has 1 fully saturated rings. The number of morpholine rings is 1. The molecule has 7 nitrogen and oxygen atoms in total. The third kappa shape index (κ3) is 4.75. The van der Waals surface area contributed by atoms with Crippen molar-refractivity contribution in [2.45, 2.75) is 33.7 Å². The van der Waals surface area contributed by atoms with Crippen molar-refractivity contribution in [3.05, 3.63) is 18.2 Å². The van der Waals surface area contributed by atoms with E-state index in [9.17, 15) is 9.59 Å². The SMILES string of the molecule is C[C@@H](NC(=O)C(C)(C)C)C(=O)Nc1ccc2nc(N3CCOCC3)sc2c1. The van der Waals surface area contributed by atoms with E-state index >= 15 is 0 Å². The van der Waals surface area contributed by atoms with Crippen LogP contribution in [0.5, 0.6) is 0 Å². The molecule has 1 aromatic carbocycles. The first-order valence-electron chi connectivity index (χ1n) is 9.09. The number of amides is 2. The van der Waals surface area contributed by atoms with Crippen LogP contribution < -0.4 is 15.5 Å². The Labute approximate surface area is 163 Å². The molecule has 0 spiro atoms. The number of fused-ring (bicyclic) bond motifs is 1. The van der Waals surface area contributed by atoms with Gasteiger partial charge in [0.05, 0.1) is 23.4 Å². The zero-order valence-corrected chi connectivity index (χ0v) is 17.0. The third-order valence-electron chi connectivity index (χ3n) is 4.35. The van der Waals surface area contributed by atoms with Crippen molar-refractivity contribution in [1.29, 1.82) is 0 Å². The zero-order valence-electron chi connectivity index (χ0n) is 16.2. The summed E-state index contributed by atoms with van der Waals surface area (Å²) >= 11 is 1.61. The molecule has 1 atom stereocenters. The molecule has 1 aliphatic heterocycles. The van der Waals surface area contributed by atoms with Crippen LogP contribution in [0.15, 0.2) is 18.2 Å². The highest BCUT2D eigenvalue weighted by Crippen LogP contribution is 2.31. The molecule has 2 heterocycles. The van der Waals surface area contributed by atoms with Crippen LogP contribution in [0.4, 0.5) is 10.8 Å². The molecule has 8 heteroatoms. The second-order valence-electron chi connectivity index (χ2n) is 7.71. The quantitative estimate of drug-likeness (QED) is 0.838. The Balaban J connectivity index is 1.67. The van der Waals surface area contributed by atoms with E-state index in [0.717, 1.165) is 41.7 Å². The molecule has 1 aliphatic rings. The summed E-state index contributed by atoms with van der Waals surface area (Å²) in [5, 5.41) is 6.59. The highest BCUT2D eigenvalue weighted by molar-refractivity contribution is 7.22. The van der Waals surface area contributed by atoms with Gasteiger partial charge in [0.1, 0.15) is 6.04 Å². The number of thiazole rings is 1. The number of hydrogen-bond donors (Lipinski definition) is 2. The molecule has 0 radical (unpaired) electrons. The molecular weight excluding hydrogens is 364 g/mol. The number of rotatable bonds is 4. The summed E-state index contributed by atoms with van der Waals surface area (Å²) in [6, 6.07) is 5.05. The van der Waals surface area contributed by atoms with Gasteiger partial charge in [-0.3, -0.25) is 9.59 Å². The summed E-state index contributed by atoms with van der Waals surface area (Å²) in [6.45, 7) is 10.2. The zero-order chi connectivity index (χ0) is 19.6. The van der Waals surface area contributed by atoms with Gasteiger partial charge in [-0.25, -0.2) is 4.98 Å². The third-order valence-corrected chi connectivity index (χ3v) is 5.43. The second-order valence-corrected chi connectivity index (χ2v) is 8.72. The Hall–Kier alpha value is -2.19. The maximum atomic E-state index is 12.4. The van der Waals surface area contributed by atoms with Gasteiger partial charge in [0, 0.05) is 24.2 Å². The average molecular weight is 391 g/mol. The van der Waals surface area contributed by atoms with Crippen molar-refractivity contribution in [3.63, 3.8) is 0 Å². The summed E-state index contributed by atoms with van der Waals surface area (Å²) in [4.78, 5) is 31.3. The Morgan fingerprint density at radius 3 is 2.63 bits per heavy atom. The number of anilines is 2. The number of carbonyl (C=O) groups excluding carboxylic acids is 2. The molecule has 0 saturated carbocycles. The summed E-state index contributed by atoms with van der Waals surface area (Å²) < 4.78 is 6.40. The van der Waals surface area contributed by atoms with Crippen LogP contribution in [0.25, 0.3) is 10.2 Å². The standard InChI is InChI=1S/C19H26N4O3S/c1-12(20-17(25)19(2,3)4)16(24)21-13-5-6-14-15(11-13)27-18(22-14)23-7-9-26-10-8-23/h5-6,11-12H,7-10H2,1-4H3,(H,20,25)(H,21,24)/t12-/m1/s1. The van der Waals surface area contributed by atoms with E-state index in [1.165, 1.54) is 0 Å². The second kappa shape index (κ2) is 7.82. The molecule has 27 heavy (non-hydrogen) atoms. The Bertz CT molecular complexity index is 837. The molecule has 0 bridgehead atoms.